The highest BCUT2D eigenvalue weighted by molar-refractivity contribution is 7.99. The van der Waals surface area contributed by atoms with E-state index in [-0.39, 0.29) is 23.4 Å². The third-order valence-corrected chi connectivity index (χ3v) is 18.6. The molecule has 13 nitrogen and oxygen atoms in total. The number of hydrogen-bond acceptors (Lipinski definition) is 13. The first kappa shape index (κ1) is 57.8. The predicted octanol–water partition coefficient (Wildman–Crippen LogP) is 8.92. The molecule has 404 valence electrons. The predicted molar refractivity (Wildman–Crippen MR) is 292 cm³/mol. The number of allylic oxidation sites excluding steroid dienone is 1. The van der Waals surface area contributed by atoms with Crippen LogP contribution in [-0.4, -0.2) is 153 Å². The minimum atomic E-state index is -6.07. The minimum Gasteiger partial charge on any atom is -0.380 e. The number of sulfonamides is 1. The second-order valence-corrected chi connectivity index (χ2v) is 25.2. The number of carbonyl (C=O) groups excluding carboxylic acids is 1. The van der Waals surface area contributed by atoms with Crippen molar-refractivity contribution < 1.29 is 39.5 Å². The highest BCUT2D eigenvalue weighted by atomic mass is 35.5. The Bertz CT molecular complexity index is 2770. The summed E-state index contributed by atoms with van der Waals surface area (Å²) in [5, 5.41) is 7.30. The Balaban J connectivity index is 0.00000800. The Labute approximate surface area is 450 Å². The quantitative estimate of drug-likeness (QED) is 0.0818. The molecule has 3 heterocycles. The topological polar surface area (TPSA) is 144 Å². The molecule has 8 rings (SSSR count). The summed E-state index contributed by atoms with van der Waals surface area (Å²) in [6.45, 7) is 16.0. The zero-order chi connectivity index (χ0) is 51.8. The highest BCUT2D eigenvalue weighted by Gasteiger charge is 2.48. The SMILES string of the molecule is C[C@@H]1CN(C[C@]2(C)CCC(c3ccc(Cl)cc3)=C(CN3CCN(c4ccc(C(=O)NS(=O)(=O)c5ccc(N[C@H](CCN6CCCOCC6)CSc6ccccc6)c(S(=O)(=O)C(F)(F)F)c5)cc4)CC3)C2)CCN1.Cl. The maximum absolute atomic E-state index is 14.3. The molecule has 1 amide bonds. The lowest BCUT2D eigenvalue weighted by Gasteiger charge is -2.44. The number of nitrogens with zero attached hydrogens (tertiary/aromatic N) is 4. The van der Waals surface area contributed by atoms with Crippen LogP contribution in [0.5, 0.6) is 0 Å². The average Bonchev–Trinajstić information content (AvgIpc) is 3.64. The fourth-order valence-corrected chi connectivity index (χ4v) is 13.6. The zero-order valence-corrected chi connectivity index (χ0v) is 45.9. The second-order valence-electron chi connectivity index (χ2n) is 20.1. The first-order valence-electron chi connectivity index (χ1n) is 25.1. The van der Waals surface area contributed by atoms with Crippen molar-refractivity contribution in [3.63, 3.8) is 0 Å². The van der Waals surface area contributed by atoms with E-state index in [1.807, 2.05) is 47.2 Å². The molecule has 0 aromatic heterocycles. The molecule has 3 N–H and O–H groups in total. The molecule has 1 aliphatic carbocycles. The van der Waals surface area contributed by atoms with Crippen LogP contribution in [0.3, 0.4) is 0 Å². The van der Waals surface area contributed by atoms with E-state index in [1.165, 1.54) is 40.6 Å². The van der Waals surface area contributed by atoms with E-state index in [0.29, 0.717) is 55.6 Å². The summed E-state index contributed by atoms with van der Waals surface area (Å²) in [6, 6.07) is 26.5. The number of nitrogens with one attached hydrogen (secondary N) is 3. The Morgan fingerprint density at radius 2 is 1.62 bits per heavy atom. The lowest BCUT2D eigenvalue weighted by atomic mass is 9.71. The Kier molecular flexibility index (Phi) is 19.9. The highest BCUT2D eigenvalue weighted by Crippen LogP contribution is 2.44. The number of rotatable bonds is 18. The van der Waals surface area contributed by atoms with Gasteiger partial charge in [-0.3, -0.25) is 14.6 Å². The van der Waals surface area contributed by atoms with Crippen molar-refractivity contribution in [3.8, 4) is 0 Å². The van der Waals surface area contributed by atoms with Crippen LogP contribution in [-0.2, 0) is 24.6 Å². The molecule has 4 aliphatic rings. The molecule has 0 spiro atoms. The second kappa shape index (κ2) is 25.5. The summed E-state index contributed by atoms with van der Waals surface area (Å²) in [6.07, 6.45) is 4.41. The number of benzene rings is 4. The maximum atomic E-state index is 14.3. The first-order valence-corrected chi connectivity index (χ1v) is 29.4. The van der Waals surface area contributed by atoms with Crippen LogP contribution in [0.1, 0.15) is 61.9 Å². The van der Waals surface area contributed by atoms with Crippen LogP contribution < -0.4 is 20.3 Å². The number of thioether (sulfide) groups is 1. The molecule has 0 radical (unpaired) electrons. The molecule has 4 aromatic rings. The lowest BCUT2D eigenvalue weighted by molar-refractivity contribution is -0.0435. The van der Waals surface area contributed by atoms with Gasteiger partial charge in [-0.15, -0.1) is 24.2 Å². The zero-order valence-electron chi connectivity index (χ0n) is 41.9. The largest absolute Gasteiger partial charge is 0.501 e. The van der Waals surface area contributed by atoms with E-state index in [1.54, 1.807) is 12.1 Å². The first-order chi connectivity index (χ1) is 34.8. The van der Waals surface area contributed by atoms with Gasteiger partial charge in [0.25, 0.3) is 25.8 Å². The van der Waals surface area contributed by atoms with Gasteiger partial charge in [0.2, 0.25) is 0 Å². The molecule has 74 heavy (non-hydrogen) atoms. The molecule has 3 aliphatic heterocycles. The fourth-order valence-electron chi connectivity index (χ4n) is 10.4. The molecule has 21 heteroatoms. The van der Waals surface area contributed by atoms with Gasteiger partial charge in [0.05, 0.1) is 17.2 Å². The summed E-state index contributed by atoms with van der Waals surface area (Å²) in [4.78, 5) is 21.8. The van der Waals surface area contributed by atoms with Crippen LogP contribution in [0.25, 0.3) is 5.57 Å². The molecule has 0 bridgehead atoms. The van der Waals surface area contributed by atoms with Crippen LogP contribution >= 0.6 is 35.8 Å². The summed E-state index contributed by atoms with van der Waals surface area (Å²) in [5.74, 6) is -0.654. The Hall–Kier alpha value is -3.89. The van der Waals surface area contributed by atoms with Gasteiger partial charge in [-0.2, -0.15) is 13.2 Å². The van der Waals surface area contributed by atoms with Crippen LogP contribution in [0.4, 0.5) is 24.5 Å². The normalized spacial score (nSPS) is 21.4. The smallest absolute Gasteiger partial charge is 0.380 e. The van der Waals surface area contributed by atoms with Crippen molar-refractivity contribution in [3.05, 3.63) is 119 Å². The molecule has 4 aromatic carbocycles. The molecular formula is C53H68Cl2F3N7O6S3. The van der Waals surface area contributed by atoms with Crippen molar-refractivity contribution >= 4 is 78.5 Å². The molecular weight excluding hydrogens is 1050 g/mol. The molecule has 0 saturated carbocycles. The van der Waals surface area contributed by atoms with E-state index in [4.69, 9.17) is 16.3 Å². The summed E-state index contributed by atoms with van der Waals surface area (Å²) in [7, 11) is -10.9. The Morgan fingerprint density at radius 1 is 0.892 bits per heavy atom. The summed E-state index contributed by atoms with van der Waals surface area (Å²) >= 11 is 7.76. The van der Waals surface area contributed by atoms with Crippen molar-refractivity contribution in [1.82, 2.24) is 24.7 Å². The number of amides is 1. The van der Waals surface area contributed by atoms with Crippen LogP contribution in [0.2, 0.25) is 5.02 Å². The standard InChI is InChI=1S/C53H67ClF3N7O6S3.ClH/c1-39-35-63(25-22-58-39)38-52(2)21-19-48(40-9-13-43(54)14-10-40)42(34-52)36-62-26-28-64(29-27-62)45-15-11-41(12-16-45)51(65)60-73(68,69)47-17-18-49(50(33-47)72(66,67)53(55,56)57)59-44(37-71-46-7-4-3-5-8-46)20-24-61-23-6-31-70-32-30-61;/h3-5,7-18,33,39,44,58-59H,6,19-32,34-38H2,1-2H3,(H,60,65);1H/t39-,44-,52-;/m1./s1. The van der Waals surface area contributed by atoms with Crippen LogP contribution in [0.15, 0.2) is 117 Å². The van der Waals surface area contributed by atoms with E-state index >= 15 is 0 Å². The van der Waals surface area contributed by atoms with Crippen molar-refractivity contribution in [2.75, 3.05) is 108 Å². The number of sulfone groups is 1. The Morgan fingerprint density at radius 3 is 2.32 bits per heavy atom. The van der Waals surface area contributed by atoms with Gasteiger partial charge in [-0.1, -0.05) is 54.4 Å². The van der Waals surface area contributed by atoms with Gasteiger partial charge in [0.15, 0.2) is 0 Å². The van der Waals surface area contributed by atoms with E-state index < -0.39 is 52.8 Å². The number of piperazine rings is 2. The van der Waals surface area contributed by atoms with Gasteiger partial charge in [0.1, 0.15) is 4.90 Å². The monoisotopic (exact) mass is 1120 g/mol. The average molecular weight is 1120 g/mol. The van der Waals surface area contributed by atoms with E-state index in [0.717, 1.165) is 114 Å². The number of hydrogen-bond donors (Lipinski definition) is 3. The van der Waals surface area contributed by atoms with Crippen molar-refractivity contribution in [1.29, 1.82) is 0 Å². The number of alkyl halides is 3. The summed E-state index contributed by atoms with van der Waals surface area (Å²) < 4.78 is 104. The number of anilines is 2. The number of ether oxygens (including phenoxy) is 1. The van der Waals surface area contributed by atoms with Crippen LogP contribution in [0, 0.1) is 5.41 Å². The van der Waals surface area contributed by atoms with Gasteiger partial charge in [-0.05, 0) is 122 Å². The van der Waals surface area contributed by atoms with Crippen molar-refractivity contribution in [2.24, 2.45) is 5.41 Å². The molecule has 3 atom stereocenters. The minimum absolute atomic E-state index is 0. The third-order valence-electron chi connectivity index (χ3n) is 14.3. The van der Waals surface area contributed by atoms with Gasteiger partial charge in [0, 0.05) is 124 Å². The van der Waals surface area contributed by atoms with Crippen molar-refractivity contribution in [2.45, 2.75) is 78.2 Å². The maximum Gasteiger partial charge on any atom is 0.501 e. The fraction of sp³-hybridized carbons (Fsp3) is 0.491. The van der Waals surface area contributed by atoms with Gasteiger partial charge >= 0.3 is 5.51 Å². The molecule has 3 fully saturated rings. The molecule has 0 unspecified atom stereocenters. The van der Waals surface area contributed by atoms with E-state index in [2.05, 4.69) is 56.2 Å². The van der Waals surface area contributed by atoms with Gasteiger partial charge in [-0.25, -0.2) is 21.6 Å². The van der Waals surface area contributed by atoms with Gasteiger partial charge < -0.3 is 25.2 Å². The number of carbonyl (C=O) groups is 1. The number of halogens is 5. The third kappa shape index (κ3) is 15.2. The van der Waals surface area contributed by atoms with E-state index in [9.17, 15) is 34.8 Å². The molecule has 3 saturated heterocycles. The lowest BCUT2D eigenvalue weighted by Crippen LogP contribution is -2.52. The summed E-state index contributed by atoms with van der Waals surface area (Å²) in [5.41, 5.74) is -1.04.